The van der Waals surface area contributed by atoms with Crippen LogP contribution in [-0.2, 0) is 11.3 Å². The Morgan fingerprint density at radius 2 is 2.04 bits per heavy atom. The molecule has 0 spiro atoms. The summed E-state index contributed by atoms with van der Waals surface area (Å²) in [5, 5.41) is 4.14. The molecule has 0 aliphatic rings. The predicted octanol–water partition coefficient (Wildman–Crippen LogP) is 3.57. The Morgan fingerprint density at radius 3 is 2.83 bits per heavy atom. The molecule has 0 radical (unpaired) electrons. The molecule has 24 heavy (non-hydrogen) atoms. The molecular weight excluding hydrogens is 324 g/mol. The molecule has 3 rings (SSSR count). The molecule has 0 unspecified atom stereocenters. The molecule has 0 amide bonds. The molecule has 2 aromatic heterocycles. The number of hydrogen-bond donors (Lipinski definition) is 1. The predicted molar refractivity (Wildman–Crippen MR) is 96.2 cm³/mol. The van der Waals surface area contributed by atoms with E-state index in [2.05, 4.69) is 22.2 Å². The van der Waals surface area contributed by atoms with Gasteiger partial charge in [0.2, 0.25) is 5.78 Å². The minimum atomic E-state index is 0.695. The van der Waals surface area contributed by atoms with Crippen molar-refractivity contribution < 1.29 is 4.74 Å². The molecule has 3 aromatic rings. The summed E-state index contributed by atoms with van der Waals surface area (Å²) in [4.78, 5) is 9.03. The lowest BCUT2D eigenvalue weighted by Crippen LogP contribution is -2.20. The van der Waals surface area contributed by atoms with E-state index >= 15 is 0 Å². The van der Waals surface area contributed by atoms with Crippen molar-refractivity contribution in [2.75, 3.05) is 19.8 Å². The molecule has 0 fully saturated rings. The normalized spacial score (nSPS) is 11.2. The van der Waals surface area contributed by atoms with Crippen molar-refractivity contribution >= 4 is 17.4 Å². The quantitative estimate of drug-likeness (QED) is 0.635. The average molecular weight is 345 g/mol. The van der Waals surface area contributed by atoms with Crippen molar-refractivity contribution in [1.29, 1.82) is 0 Å². The standard InChI is InChI=1S/C18H21ClN4O/c1-2-11-24-12-9-20-13-16-17(14-4-6-15(19)7-5-14)22-18-21-8-3-10-23(16)18/h3-8,10,20H,2,9,11-13H2,1H3. The maximum Gasteiger partial charge on any atom is 0.234 e. The van der Waals surface area contributed by atoms with Crippen LogP contribution in [0.15, 0.2) is 42.7 Å². The highest BCUT2D eigenvalue weighted by Gasteiger charge is 2.14. The summed E-state index contributed by atoms with van der Waals surface area (Å²) < 4.78 is 7.52. The zero-order valence-electron chi connectivity index (χ0n) is 13.7. The smallest absolute Gasteiger partial charge is 0.234 e. The summed E-state index contributed by atoms with van der Waals surface area (Å²) in [5.41, 5.74) is 3.03. The first-order chi connectivity index (χ1) is 11.8. The van der Waals surface area contributed by atoms with Gasteiger partial charge in [-0.05, 0) is 24.6 Å². The fraction of sp³-hybridized carbons (Fsp3) is 0.333. The van der Waals surface area contributed by atoms with Gasteiger partial charge >= 0.3 is 0 Å². The van der Waals surface area contributed by atoms with Gasteiger partial charge in [0, 0.05) is 42.7 Å². The van der Waals surface area contributed by atoms with Gasteiger partial charge < -0.3 is 10.1 Å². The summed E-state index contributed by atoms with van der Waals surface area (Å²) in [5.74, 6) is 0.696. The van der Waals surface area contributed by atoms with E-state index in [1.807, 2.05) is 40.9 Å². The fourth-order valence-corrected chi connectivity index (χ4v) is 2.67. The van der Waals surface area contributed by atoms with Gasteiger partial charge in [-0.25, -0.2) is 9.97 Å². The molecule has 0 atom stereocenters. The van der Waals surface area contributed by atoms with E-state index in [0.29, 0.717) is 24.0 Å². The van der Waals surface area contributed by atoms with Crippen LogP contribution in [0.1, 0.15) is 19.0 Å². The Morgan fingerprint density at radius 1 is 1.21 bits per heavy atom. The topological polar surface area (TPSA) is 51.5 Å². The van der Waals surface area contributed by atoms with Crippen LogP contribution in [0, 0.1) is 0 Å². The minimum absolute atomic E-state index is 0.695. The third-order valence-corrected chi connectivity index (χ3v) is 3.94. The van der Waals surface area contributed by atoms with E-state index in [9.17, 15) is 0 Å². The van der Waals surface area contributed by atoms with Gasteiger partial charge in [0.25, 0.3) is 0 Å². The second-order valence-electron chi connectivity index (χ2n) is 5.49. The number of aromatic nitrogens is 3. The van der Waals surface area contributed by atoms with Gasteiger partial charge in [-0.15, -0.1) is 0 Å². The van der Waals surface area contributed by atoms with E-state index in [1.165, 1.54) is 0 Å². The number of nitrogens with one attached hydrogen (secondary N) is 1. The highest BCUT2D eigenvalue weighted by Crippen LogP contribution is 2.25. The minimum Gasteiger partial charge on any atom is -0.380 e. The van der Waals surface area contributed by atoms with Crippen LogP contribution in [-0.4, -0.2) is 34.1 Å². The van der Waals surface area contributed by atoms with Crippen molar-refractivity contribution in [3.63, 3.8) is 0 Å². The Hall–Kier alpha value is -1.95. The van der Waals surface area contributed by atoms with Crippen molar-refractivity contribution in [1.82, 2.24) is 19.7 Å². The van der Waals surface area contributed by atoms with Crippen LogP contribution < -0.4 is 5.32 Å². The van der Waals surface area contributed by atoms with Crippen molar-refractivity contribution in [3.05, 3.63) is 53.4 Å². The lowest BCUT2D eigenvalue weighted by molar-refractivity contribution is 0.136. The average Bonchev–Trinajstić information content (AvgIpc) is 2.97. The van der Waals surface area contributed by atoms with Gasteiger partial charge in [-0.1, -0.05) is 30.7 Å². The van der Waals surface area contributed by atoms with Crippen LogP contribution in [0.2, 0.25) is 5.02 Å². The largest absolute Gasteiger partial charge is 0.380 e. The van der Waals surface area contributed by atoms with Crippen LogP contribution >= 0.6 is 11.6 Å². The lowest BCUT2D eigenvalue weighted by Gasteiger charge is -2.08. The van der Waals surface area contributed by atoms with E-state index in [1.54, 1.807) is 6.20 Å². The van der Waals surface area contributed by atoms with Crippen molar-refractivity contribution in [3.8, 4) is 11.3 Å². The van der Waals surface area contributed by atoms with E-state index in [4.69, 9.17) is 16.3 Å². The zero-order valence-corrected chi connectivity index (χ0v) is 14.5. The van der Waals surface area contributed by atoms with Crippen LogP contribution in [0.4, 0.5) is 0 Å². The molecule has 6 heteroatoms. The second kappa shape index (κ2) is 8.24. The Bertz CT molecular complexity index is 785. The lowest BCUT2D eigenvalue weighted by atomic mass is 10.1. The third-order valence-electron chi connectivity index (χ3n) is 3.68. The molecule has 5 nitrogen and oxygen atoms in total. The number of ether oxygens (including phenoxy) is 1. The number of halogens is 1. The highest BCUT2D eigenvalue weighted by molar-refractivity contribution is 6.30. The van der Waals surface area contributed by atoms with Crippen LogP contribution in [0.25, 0.3) is 17.0 Å². The molecular formula is C18H21ClN4O. The molecule has 0 aliphatic heterocycles. The summed E-state index contributed by atoms with van der Waals surface area (Å²) >= 11 is 6.00. The molecule has 1 aromatic carbocycles. The van der Waals surface area contributed by atoms with Gasteiger partial charge in [0.1, 0.15) is 0 Å². The Labute approximate surface area is 146 Å². The maximum atomic E-state index is 6.00. The molecule has 0 saturated carbocycles. The Balaban J connectivity index is 1.81. The van der Waals surface area contributed by atoms with Crippen molar-refractivity contribution in [2.24, 2.45) is 0 Å². The van der Waals surface area contributed by atoms with Crippen LogP contribution in [0.3, 0.4) is 0 Å². The maximum absolute atomic E-state index is 6.00. The monoisotopic (exact) mass is 344 g/mol. The van der Waals surface area contributed by atoms with E-state index in [-0.39, 0.29) is 0 Å². The number of fused-ring (bicyclic) bond motifs is 1. The number of nitrogens with zero attached hydrogens (tertiary/aromatic N) is 3. The summed E-state index contributed by atoms with van der Waals surface area (Å²) in [6.07, 6.45) is 4.78. The van der Waals surface area contributed by atoms with Gasteiger partial charge in [-0.3, -0.25) is 4.40 Å². The fourth-order valence-electron chi connectivity index (χ4n) is 2.54. The van der Waals surface area contributed by atoms with Gasteiger partial charge in [0.15, 0.2) is 0 Å². The number of hydrogen-bond acceptors (Lipinski definition) is 4. The second-order valence-corrected chi connectivity index (χ2v) is 5.93. The highest BCUT2D eigenvalue weighted by atomic mass is 35.5. The zero-order chi connectivity index (χ0) is 16.8. The third kappa shape index (κ3) is 3.93. The SMILES string of the molecule is CCCOCCNCc1c(-c2ccc(Cl)cc2)nc2ncccn12. The van der Waals surface area contributed by atoms with E-state index in [0.717, 1.165) is 36.5 Å². The molecule has 1 N–H and O–H groups in total. The first-order valence-corrected chi connectivity index (χ1v) is 8.53. The molecule has 126 valence electrons. The molecule has 2 heterocycles. The number of imidazole rings is 1. The van der Waals surface area contributed by atoms with E-state index < -0.39 is 0 Å². The van der Waals surface area contributed by atoms with Crippen molar-refractivity contribution in [2.45, 2.75) is 19.9 Å². The first-order valence-electron chi connectivity index (χ1n) is 8.16. The molecule has 0 saturated heterocycles. The van der Waals surface area contributed by atoms with Gasteiger partial charge in [0.05, 0.1) is 18.0 Å². The first kappa shape index (κ1) is 16.9. The molecule has 0 bridgehead atoms. The number of benzene rings is 1. The summed E-state index contributed by atoms with van der Waals surface area (Å²) in [6.45, 7) is 5.11. The summed E-state index contributed by atoms with van der Waals surface area (Å²) in [7, 11) is 0. The summed E-state index contributed by atoms with van der Waals surface area (Å²) in [6, 6.07) is 9.64. The van der Waals surface area contributed by atoms with Crippen LogP contribution in [0.5, 0.6) is 0 Å². The molecule has 0 aliphatic carbocycles. The Kier molecular flexibility index (Phi) is 5.80. The van der Waals surface area contributed by atoms with Gasteiger partial charge in [-0.2, -0.15) is 0 Å². The number of rotatable bonds is 8.